The van der Waals surface area contributed by atoms with Crippen molar-refractivity contribution in [2.24, 2.45) is 0 Å². The van der Waals surface area contributed by atoms with Gasteiger partial charge in [-0.2, -0.15) is 17.2 Å². The van der Waals surface area contributed by atoms with Crippen molar-refractivity contribution in [3.8, 4) is 5.75 Å². The van der Waals surface area contributed by atoms with E-state index in [4.69, 9.17) is 3.63 Å². The second-order valence-corrected chi connectivity index (χ2v) is 13.5. The van der Waals surface area contributed by atoms with Crippen molar-refractivity contribution in [3.05, 3.63) is 156 Å². The van der Waals surface area contributed by atoms with Gasteiger partial charge in [-0.15, -0.1) is 0 Å². The molecule has 5 nitrogen and oxygen atoms in total. The zero-order valence-corrected chi connectivity index (χ0v) is 24.3. The average Bonchev–Trinajstić information content (AvgIpc) is 3.06. The van der Waals surface area contributed by atoms with Crippen LogP contribution in [0.15, 0.2) is 141 Å². The fourth-order valence-corrected chi connectivity index (χ4v) is 9.68. The van der Waals surface area contributed by atoms with Crippen LogP contribution in [0.25, 0.3) is 6.08 Å². The quantitative estimate of drug-likeness (QED) is 0.0699. The van der Waals surface area contributed by atoms with E-state index in [1.165, 1.54) is 30.3 Å². The van der Waals surface area contributed by atoms with Gasteiger partial charge in [-0.25, -0.2) is 17.2 Å². The number of ether oxygens (including phenoxy) is 1. The molecule has 44 heavy (non-hydrogen) atoms. The summed E-state index contributed by atoms with van der Waals surface area (Å²) >= 11 is 0. The maximum atomic E-state index is 15.5. The van der Waals surface area contributed by atoms with Crippen LogP contribution in [0.5, 0.6) is 5.75 Å². The minimum atomic E-state index is -5.62. The number of rotatable bonds is 9. The minimum Gasteiger partial charge on any atom is -0.416 e. The predicted octanol–water partition coefficient (Wildman–Crippen LogP) is 8.71. The Bertz CT molecular complexity index is 1810. The molecule has 0 aliphatic carbocycles. The molecule has 5 aromatic rings. The largest absolute Gasteiger partial charge is 0.416 e. The third-order valence-electron chi connectivity index (χ3n) is 6.43. The van der Waals surface area contributed by atoms with Crippen LogP contribution in [0.1, 0.15) is 15.9 Å². The van der Waals surface area contributed by atoms with Gasteiger partial charge < -0.3 is 4.74 Å². The lowest BCUT2D eigenvalue weighted by Crippen LogP contribution is -2.19. The fraction of sp³-hybridized carbons (Fsp3) is 0. The van der Waals surface area contributed by atoms with Crippen molar-refractivity contribution in [1.82, 2.24) is 0 Å². The van der Waals surface area contributed by atoms with E-state index in [1.807, 2.05) is 0 Å². The molecule has 11 heteroatoms. The summed E-state index contributed by atoms with van der Waals surface area (Å²) in [7, 11) is -8.94. The Kier molecular flexibility index (Phi) is 8.73. The van der Waals surface area contributed by atoms with Gasteiger partial charge in [-0.3, -0.25) is 0 Å². The lowest BCUT2D eigenvalue weighted by atomic mass is 10.1. The van der Waals surface area contributed by atoms with Gasteiger partial charge in [-0.05, 0) is 64.4 Å². The van der Waals surface area contributed by atoms with Gasteiger partial charge >= 0.3 is 16.1 Å². The number of carbonyl (C=O) groups is 1. The number of carbonyl (C=O) groups excluding carboxylic acids is 1. The van der Waals surface area contributed by atoms with E-state index in [-0.39, 0.29) is 5.56 Å². The van der Waals surface area contributed by atoms with Gasteiger partial charge in [-0.1, -0.05) is 79.4 Å². The molecule has 5 aromatic carbocycles. The van der Waals surface area contributed by atoms with Crippen molar-refractivity contribution in [2.75, 3.05) is 0 Å². The highest BCUT2D eigenvalue weighted by Gasteiger charge is 2.43. The van der Waals surface area contributed by atoms with E-state index in [0.717, 1.165) is 0 Å². The first kappa shape index (κ1) is 30.7. The van der Waals surface area contributed by atoms with Crippen LogP contribution in [-0.4, -0.2) is 14.4 Å². The van der Waals surface area contributed by atoms with Gasteiger partial charge in [0.1, 0.15) is 0 Å². The van der Waals surface area contributed by atoms with Crippen LogP contribution in [0.3, 0.4) is 0 Å². The van der Waals surface area contributed by atoms with Crippen LogP contribution in [-0.2, 0) is 13.7 Å². The van der Waals surface area contributed by atoms with E-state index in [9.17, 15) is 13.2 Å². The Morgan fingerprint density at radius 2 is 1.02 bits per heavy atom. The first-order valence-corrected chi connectivity index (χ1v) is 15.8. The molecule has 0 N–H and O–H groups in total. The van der Waals surface area contributed by atoms with Crippen LogP contribution >= 0.6 is 10.3 Å². The van der Waals surface area contributed by atoms with E-state index in [1.54, 1.807) is 91.0 Å². The number of hydrogen-bond donors (Lipinski definition) is 0. The Balaban J connectivity index is 1.65. The highest BCUT2D eigenvalue weighted by atomic mass is 32.3. The Hall–Kier alpha value is -4.71. The number of esters is 1. The molecule has 0 aromatic heterocycles. The summed E-state index contributed by atoms with van der Waals surface area (Å²) < 4.78 is 99.5. The first-order valence-electron chi connectivity index (χ1n) is 12.9. The molecule has 5 rings (SSSR count). The lowest BCUT2D eigenvalue weighted by Gasteiger charge is -2.39. The lowest BCUT2D eigenvalue weighted by molar-refractivity contribution is 0.0716. The molecule has 0 saturated carbocycles. The van der Waals surface area contributed by atoms with Crippen LogP contribution in [0.2, 0.25) is 0 Å². The third kappa shape index (κ3) is 5.64. The average molecular weight is 639 g/mol. The summed E-state index contributed by atoms with van der Waals surface area (Å²) in [5.41, 5.74) is 0.419. The Morgan fingerprint density at radius 1 is 0.614 bits per heavy atom. The van der Waals surface area contributed by atoms with E-state index in [2.05, 4.69) is 11.3 Å². The van der Waals surface area contributed by atoms with Crippen molar-refractivity contribution in [1.29, 1.82) is 0 Å². The van der Waals surface area contributed by atoms with Gasteiger partial charge in [0, 0.05) is 14.7 Å². The third-order valence-corrected chi connectivity index (χ3v) is 11.6. The summed E-state index contributed by atoms with van der Waals surface area (Å²) in [6, 6.07) is 29.6. The highest BCUT2D eigenvalue weighted by Crippen LogP contribution is 2.70. The predicted molar refractivity (Wildman–Crippen MR) is 158 cm³/mol. The van der Waals surface area contributed by atoms with E-state index >= 15 is 17.6 Å². The molecule has 0 heterocycles. The molecule has 224 valence electrons. The smallest absolute Gasteiger partial charge is 0.343 e. The van der Waals surface area contributed by atoms with Gasteiger partial charge in [0.2, 0.25) is 17.4 Å². The molecule has 0 radical (unpaired) electrons. The van der Waals surface area contributed by atoms with Crippen molar-refractivity contribution >= 4 is 32.5 Å². The van der Waals surface area contributed by atoms with Crippen LogP contribution < -0.4 is 4.74 Å². The highest BCUT2D eigenvalue weighted by molar-refractivity contribution is 8.33. The van der Waals surface area contributed by atoms with E-state index < -0.39 is 60.3 Å². The molecule has 0 unspecified atom stereocenters. The topological polar surface area (TPSA) is 69.7 Å². The van der Waals surface area contributed by atoms with Crippen molar-refractivity contribution in [3.63, 3.8) is 0 Å². The number of benzene rings is 5. The Morgan fingerprint density at radius 3 is 1.41 bits per heavy atom. The second-order valence-electron chi connectivity index (χ2n) is 9.15. The molecule has 0 fully saturated rings. The molecular formula is C33H22F4O5S2. The molecule has 0 aliphatic rings. The zero-order chi connectivity index (χ0) is 31.5. The fourth-order valence-electron chi connectivity index (χ4n) is 4.34. The molecular weight excluding hydrogens is 616 g/mol. The van der Waals surface area contributed by atoms with Gasteiger partial charge in [0.05, 0.1) is 5.56 Å². The maximum absolute atomic E-state index is 15.5. The zero-order valence-electron chi connectivity index (χ0n) is 22.6. The molecule has 0 spiro atoms. The summed E-state index contributed by atoms with van der Waals surface area (Å²) in [5.74, 6) is -12.2. The van der Waals surface area contributed by atoms with E-state index in [0.29, 0.717) is 20.2 Å². The monoisotopic (exact) mass is 638 g/mol. The molecule has 0 amide bonds. The molecule has 0 aliphatic heterocycles. The van der Waals surface area contributed by atoms with Crippen LogP contribution in [0.4, 0.5) is 17.6 Å². The maximum Gasteiger partial charge on any atom is 0.343 e. The standard InChI is InChI=1S/C33H22F4O5S2/c1-2-22-18-20-23(21-19-22)33(38)41-31-27(34)29(36)32(30(37)28(31)35)44(39,40)42-43(24-12-6-3-7-13-24,25-14-8-4-9-15-25)26-16-10-5-11-17-26/h2-21H,1H2. The normalized spacial score (nSPS) is 12.0. The molecule has 0 bridgehead atoms. The summed E-state index contributed by atoms with van der Waals surface area (Å²) in [6.45, 7) is 3.56. The molecule has 0 atom stereocenters. The molecule has 0 saturated heterocycles. The van der Waals surface area contributed by atoms with Crippen molar-refractivity contribution < 1.29 is 39.1 Å². The second kappa shape index (κ2) is 12.5. The summed E-state index contributed by atoms with van der Waals surface area (Å²) in [4.78, 5) is 11.4. The minimum absolute atomic E-state index is 0.197. The van der Waals surface area contributed by atoms with Gasteiger partial charge in [0.25, 0.3) is 0 Å². The Labute approximate surface area is 252 Å². The van der Waals surface area contributed by atoms with Crippen LogP contribution in [0, 0.1) is 23.3 Å². The van der Waals surface area contributed by atoms with Gasteiger partial charge in [0.15, 0.2) is 16.5 Å². The van der Waals surface area contributed by atoms with Crippen molar-refractivity contribution in [2.45, 2.75) is 19.6 Å². The number of halogens is 4. The SMILES string of the molecule is C=Cc1ccc(C(=O)Oc2c(F)c(F)c(S(=O)(=O)OS(c3ccccc3)(c3ccccc3)c3ccccc3)c(F)c2F)cc1. The first-order chi connectivity index (χ1) is 21.1. The number of hydrogen-bond acceptors (Lipinski definition) is 5. The summed E-state index contributed by atoms with van der Waals surface area (Å²) in [6.07, 6.45) is 1.48. The summed E-state index contributed by atoms with van der Waals surface area (Å²) in [5, 5.41) is 0.